The first-order valence-electron chi connectivity index (χ1n) is 9.68. The second kappa shape index (κ2) is 8.34. The minimum atomic E-state index is -0.142. The summed E-state index contributed by atoms with van der Waals surface area (Å²) in [6.45, 7) is 5.31. The van der Waals surface area contributed by atoms with Crippen molar-refractivity contribution >= 4 is 28.5 Å². The van der Waals surface area contributed by atoms with Gasteiger partial charge in [0.2, 0.25) is 11.8 Å². The molecule has 0 aliphatic carbocycles. The quantitative estimate of drug-likeness (QED) is 0.831. The summed E-state index contributed by atoms with van der Waals surface area (Å²) in [5.41, 5.74) is 2.64. The fourth-order valence-corrected chi connectivity index (χ4v) is 3.49. The Morgan fingerprint density at radius 3 is 2.96 bits per heavy atom. The number of amides is 2. The number of aromatic nitrogens is 2. The molecule has 0 spiro atoms. The molecule has 6 nitrogen and oxygen atoms in total. The van der Waals surface area contributed by atoms with E-state index in [9.17, 15) is 9.59 Å². The summed E-state index contributed by atoms with van der Waals surface area (Å²) >= 11 is 0. The Morgan fingerprint density at radius 1 is 1.35 bits per heavy atom. The zero-order valence-electron chi connectivity index (χ0n) is 15.7. The number of aromatic amines is 1. The van der Waals surface area contributed by atoms with E-state index in [-0.39, 0.29) is 17.7 Å². The van der Waals surface area contributed by atoms with Crippen molar-refractivity contribution in [1.82, 2.24) is 14.9 Å². The normalized spacial score (nSPS) is 17.5. The lowest BCUT2D eigenvalue weighted by molar-refractivity contribution is -0.134. The highest BCUT2D eigenvalue weighted by atomic mass is 16.2. The summed E-state index contributed by atoms with van der Waals surface area (Å²) in [6, 6.07) is 5.76. The monoisotopic (exact) mass is 356 g/mol. The second-order valence-corrected chi connectivity index (χ2v) is 7.04. The Kier molecular flexibility index (Phi) is 5.91. The number of carbonyl (C=O) groups excluding carboxylic acids is 2. The molecule has 2 amide bonds. The highest BCUT2D eigenvalue weighted by molar-refractivity contribution is 5.95. The van der Waals surface area contributed by atoms with E-state index >= 15 is 0 Å². The molecule has 1 atom stereocenters. The SMILES string of the molecule is CCCCc1nc2ccc(NC(=O)C3CCCN(C(=O)CC)C3)cc2[nH]1. The first kappa shape index (κ1) is 18.4. The standard InChI is InChI=1S/C20H28N4O2/c1-3-5-8-18-22-16-10-9-15(12-17(16)23-18)21-20(26)14-7-6-11-24(13-14)19(25)4-2/h9-10,12,14H,3-8,11,13H2,1-2H3,(H,21,26)(H,22,23). The molecule has 0 radical (unpaired) electrons. The molecule has 26 heavy (non-hydrogen) atoms. The van der Waals surface area contributed by atoms with Gasteiger partial charge in [0.25, 0.3) is 0 Å². The van der Waals surface area contributed by atoms with Crippen molar-refractivity contribution in [2.45, 2.75) is 52.4 Å². The number of nitrogens with zero attached hydrogens (tertiary/aromatic N) is 2. The number of carbonyl (C=O) groups is 2. The average molecular weight is 356 g/mol. The molecular formula is C20H28N4O2. The minimum Gasteiger partial charge on any atom is -0.342 e. The summed E-state index contributed by atoms with van der Waals surface area (Å²) in [5, 5.41) is 3.01. The van der Waals surface area contributed by atoms with Crippen molar-refractivity contribution in [2.75, 3.05) is 18.4 Å². The number of unbranched alkanes of at least 4 members (excludes halogenated alkanes) is 1. The number of benzene rings is 1. The third-order valence-corrected chi connectivity index (χ3v) is 5.01. The van der Waals surface area contributed by atoms with Gasteiger partial charge >= 0.3 is 0 Å². The largest absolute Gasteiger partial charge is 0.342 e. The number of hydrogen-bond acceptors (Lipinski definition) is 3. The number of likely N-dealkylation sites (tertiary alicyclic amines) is 1. The Labute approximate surface area is 154 Å². The van der Waals surface area contributed by atoms with Crippen molar-refractivity contribution in [3.8, 4) is 0 Å². The van der Waals surface area contributed by atoms with E-state index in [1.54, 1.807) is 0 Å². The van der Waals surface area contributed by atoms with Crippen LogP contribution < -0.4 is 5.32 Å². The van der Waals surface area contributed by atoms with E-state index in [0.717, 1.165) is 61.2 Å². The van der Waals surface area contributed by atoms with Crippen molar-refractivity contribution in [2.24, 2.45) is 5.92 Å². The van der Waals surface area contributed by atoms with Crippen LogP contribution in [0.2, 0.25) is 0 Å². The van der Waals surface area contributed by atoms with E-state index in [1.807, 2.05) is 30.0 Å². The molecule has 1 unspecified atom stereocenters. The molecule has 0 bridgehead atoms. The maximum Gasteiger partial charge on any atom is 0.229 e. The van der Waals surface area contributed by atoms with Crippen LogP contribution in [0.5, 0.6) is 0 Å². The van der Waals surface area contributed by atoms with E-state index in [4.69, 9.17) is 0 Å². The Hall–Kier alpha value is -2.37. The van der Waals surface area contributed by atoms with Gasteiger partial charge in [0.05, 0.1) is 17.0 Å². The van der Waals surface area contributed by atoms with Crippen LogP contribution in [0, 0.1) is 5.92 Å². The second-order valence-electron chi connectivity index (χ2n) is 7.04. The van der Waals surface area contributed by atoms with Crippen LogP contribution in [-0.4, -0.2) is 39.8 Å². The molecule has 2 N–H and O–H groups in total. The fourth-order valence-electron chi connectivity index (χ4n) is 3.49. The van der Waals surface area contributed by atoms with Crippen LogP contribution in [0.4, 0.5) is 5.69 Å². The summed E-state index contributed by atoms with van der Waals surface area (Å²) < 4.78 is 0. The van der Waals surface area contributed by atoms with E-state index < -0.39 is 0 Å². The highest BCUT2D eigenvalue weighted by Gasteiger charge is 2.27. The predicted octanol–water partition coefficient (Wildman–Crippen LogP) is 3.49. The van der Waals surface area contributed by atoms with Gasteiger partial charge in [-0.15, -0.1) is 0 Å². The number of H-pyrrole nitrogens is 1. The topological polar surface area (TPSA) is 78.1 Å². The lowest BCUT2D eigenvalue weighted by atomic mass is 9.96. The van der Waals surface area contributed by atoms with Gasteiger partial charge < -0.3 is 15.2 Å². The molecule has 1 aliphatic rings. The number of piperidine rings is 1. The lowest BCUT2D eigenvalue weighted by Crippen LogP contribution is -2.43. The van der Waals surface area contributed by atoms with Crippen LogP contribution >= 0.6 is 0 Å². The Bertz CT molecular complexity index is 783. The molecule has 1 fully saturated rings. The molecule has 0 saturated carbocycles. The van der Waals surface area contributed by atoms with Crippen molar-refractivity contribution in [3.05, 3.63) is 24.0 Å². The molecule has 3 rings (SSSR count). The average Bonchev–Trinajstić information content (AvgIpc) is 3.07. The number of anilines is 1. The number of fused-ring (bicyclic) bond motifs is 1. The van der Waals surface area contributed by atoms with Crippen molar-refractivity contribution in [3.63, 3.8) is 0 Å². The number of imidazole rings is 1. The summed E-state index contributed by atoms with van der Waals surface area (Å²) in [4.78, 5) is 34.3. The van der Waals surface area contributed by atoms with Gasteiger partial charge in [-0.1, -0.05) is 20.3 Å². The van der Waals surface area contributed by atoms with Crippen molar-refractivity contribution < 1.29 is 9.59 Å². The first-order valence-corrected chi connectivity index (χ1v) is 9.68. The highest BCUT2D eigenvalue weighted by Crippen LogP contribution is 2.22. The molecule has 1 saturated heterocycles. The summed E-state index contributed by atoms with van der Waals surface area (Å²) in [7, 11) is 0. The molecule has 2 aromatic rings. The number of rotatable bonds is 6. The smallest absolute Gasteiger partial charge is 0.229 e. The molecule has 1 aromatic heterocycles. The van der Waals surface area contributed by atoms with Crippen LogP contribution in [0.3, 0.4) is 0 Å². The van der Waals surface area contributed by atoms with E-state index in [0.29, 0.717) is 13.0 Å². The maximum atomic E-state index is 12.6. The zero-order chi connectivity index (χ0) is 18.5. The van der Waals surface area contributed by atoms with Crippen molar-refractivity contribution in [1.29, 1.82) is 0 Å². The Balaban J connectivity index is 1.65. The maximum absolute atomic E-state index is 12.6. The molecule has 140 valence electrons. The van der Waals surface area contributed by atoms with Crippen LogP contribution in [-0.2, 0) is 16.0 Å². The lowest BCUT2D eigenvalue weighted by Gasteiger charge is -2.31. The molecule has 1 aromatic carbocycles. The van der Waals surface area contributed by atoms with Crippen LogP contribution in [0.1, 0.15) is 51.8 Å². The molecular weight excluding hydrogens is 328 g/mol. The van der Waals surface area contributed by atoms with Gasteiger partial charge in [-0.3, -0.25) is 9.59 Å². The van der Waals surface area contributed by atoms with Gasteiger partial charge in [-0.05, 0) is 37.5 Å². The zero-order valence-corrected chi connectivity index (χ0v) is 15.7. The van der Waals surface area contributed by atoms with Gasteiger partial charge in [0.1, 0.15) is 5.82 Å². The number of aryl methyl sites for hydroxylation is 1. The van der Waals surface area contributed by atoms with Gasteiger partial charge in [-0.2, -0.15) is 0 Å². The van der Waals surface area contributed by atoms with Crippen LogP contribution in [0.15, 0.2) is 18.2 Å². The van der Waals surface area contributed by atoms with Gasteiger partial charge in [0.15, 0.2) is 0 Å². The van der Waals surface area contributed by atoms with Crippen LogP contribution in [0.25, 0.3) is 11.0 Å². The summed E-state index contributed by atoms with van der Waals surface area (Å²) in [6.07, 6.45) is 5.38. The Morgan fingerprint density at radius 2 is 2.19 bits per heavy atom. The third kappa shape index (κ3) is 4.23. The molecule has 1 aliphatic heterocycles. The fraction of sp³-hybridized carbons (Fsp3) is 0.550. The van der Waals surface area contributed by atoms with Gasteiger partial charge in [0, 0.05) is 31.6 Å². The summed E-state index contributed by atoms with van der Waals surface area (Å²) in [5.74, 6) is 0.966. The third-order valence-electron chi connectivity index (χ3n) is 5.01. The predicted molar refractivity (Wildman–Crippen MR) is 103 cm³/mol. The number of hydrogen-bond donors (Lipinski definition) is 2. The minimum absolute atomic E-state index is 0.0105. The van der Waals surface area contributed by atoms with Gasteiger partial charge in [-0.25, -0.2) is 4.98 Å². The first-order chi connectivity index (χ1) is 12.6. The van der Waals surface area contributed by atoms with E-state index in [2.05, 4.69) is 22.2 Å². The number of nitrogens with one attached hydrogen (secondary N) is 2. The van der Waals surface area contributed by atoms with E-state index in [1.165, 1.54) is 0 Å². The molecule has 2 heterocycles. The molecule has 6 heteroatoms.